The van der Waals surface area contributed by atoms with E-state index in [0.717, 1.165) is 32.4 Å². The highest BCUT2D eigenvalue weighted by molar-refractivity contribution is 5.75. The van der Waals surface area contributed by atoms with Crippen LogP contribution in [-0.4, -0.2) is 22.0 Å². The largest absolute Gasteiger partial charge is 0.356 e. The SMILES string of the molecule is CCCNC(=O)CCCCn1ccnc1. The first kappa shape index (κ1) is 11.8. The number of carbonyl (C=O) groups is 1. The quantitative estimate of drug-likeness (QED) is 0.693. The molecule has 1 rings (SSSR count). The number of rotatable bonds is 7. The molecular formula is C11H19N3O. The van der Waals surface area contributed by atoms with Gasteiger partial charge >= 0.3 is 0 Å². The van der Waals surface area contributed by atoms with Gasteiger partial charge in [-0.1, -0.05) is 6.92 Å². The minimum absolute atomic E-state index is 0.169. The predicted molar refractivity (Wildman–Crippen MR) is 59.4 cm³/mol. The summed E-state index contributed by atoms with van der Waals surface area (Å²) in [6.07, 6.45) is 9.11. The van der Waals surface area contributed by atoms with Crippen LogP contribution in [0.4, 0.5) is 0 Å². The molecule has 0 saturated heterocycles. The molecule has 0 unspecified atom stereocenters. The van der Waals surface area contributed by atoms with Gasteiger partial charge in [-0.2, -0.15) is 0 Å². The molecule has 0 aliphatic heterocycles. The van der Waals surface area contributed by atoms with E-state index in [-0.39, 0.29) is 5.91 Å². The number of aryl methyl sites for hydroxylation is 1. The highest BCUT2D eigenvalue weighted by Gasteiger charge is 1.99. The number of amides is 1. The molecule has 1 aromatic heterocycles. The highest BCUT2D eigenvalue weighted by Crippen LogP contribution is 1.98. The Morgan fingerprint density at radius 1 is 1.47 bits per heavy atom. The molecule has 0 aliphatic rings. The number of aromatic nitrogens is 2. The first-order chi connectivity index (χ1) is 7.33. The van der Waals surface area contributed by atoms with Crippen molar-refractivity contribution in [3.05, 3.63) is 18.7 Å². The molecule has 0 saturated carbocycles. The fraction of sp³-hybridized carbons (Fsp3) is 0.636. The zero-order valence-corrected chi connectivity index (χ0v) is 9.28. The van der Waals surface area contributed by atoms with E-state index in [9.17, 15) is 4.79 Å². The van der Waals surface area contributed by atoms with Gasteiger partial charge in [-0.05, 0) is 19.3 Å². The van der Waals surface area contributed by atoms with Gasteiger partial charge in [0, 0.05) is 31.9 Å². The molecule has 1 amide bonds. The van der Waals surface area contributed by atoms with Crippen molar-refractivity contribution in [3.8, 4) is 0 Å². The Morgan fingerprint density at radius 2 is 2.33 bits per heavy atom. The monoisotopic (exact) mass is 209 g/mol. The molecular weight excluding hydrogens is 190 g/mol. The van der Waals surface area contributed by atoms with Crippen molar-refractivity contribution in [1.82, 2.24) is 14.9 Å². The lowest BCUT2D eigenvalue weighted by atomic mass is 10.2. The van der Waals surface area contributed by atoms with Gasteiger partial charge in [0.1, 0.15) is 0 Å². The van der Waals surface area contributed by atoms with Crippen LogP contribution >= 0.6 is 0 Å². The van der Waals surface area contributed by atoms with Crippen molar-refractivity contribution in [2.75, 3.05) is 6.54 Å². The Hall–Kier alpha value is -1.32. The molecule has 1 aromatic rings. The lowest BCUT2D eigenvalue weighted by Gasteiger charge is -2.03. The number of carbonyl (C=O) groups excluding carboxylic acids is 1. The maximum Gasteiger partial charge on any atom is 0.219 e. The van der Waals surface area contributed by atoms with E-state index in [1.807, 2.05) is 10.8 Å². The molecule has 0 bridgehead atoms. The van der Waals surface area contributed by atoms with Gasteiger partial charge in [-0.3, -0.25) is 4.79 Å². The van der Waals surface area contributed by atoms with E-state index < -0.39 is 0 Å². The van der Waals surface area contributed by atoms with E-state index in [2.05, 4.69) is 17.2 Å². The molecule has 15 heavy (non-hydrogen) atoms. The van der Waals surface area contributed by atoms with Crippen molar-refractivity contribution in [3.63, 3.8) is 0 Å². The van der Waals surface area contributed by atoms with E-state index in [1.165, 1.54) is 0 Å². The first-order valence-corrected chi connectivity index (χ1v) is 5.55. The Morgan fingerprint density at radius 3 is 3.00 bits per heavy atom. The van der Waals surface area contributed by atoms with Crippen LogP contribution in [0.25, 0.3) is 0 Å². The Labute approximate surface area is 90.7 Å². The number of nitrogens with zero attached hydrogens (tertiary/aromatic N) is 2. The Bertz CT molecular complexity index is 269. The molecule has 0 aromatic carbocycles. The van der Waals surface area contributed by atoms with Crippen molar-refractivity contribution < 1.29 is 4.79 Å². The maximum absolute atomic E-state index is 11.2. The van der Waals surface area contributed by atoms with Crippen molar-refractivity contribution in [1.29, 1.82) is 0 Å². The predicted octanol–water partition coefficient (Wildman–Crippen LogP) is 1.58. The van der Waals surface area contributed by atoms with Crippen LogP contribution in [-0.2, 0) is 11.3 Å². The third-order valence-electron chi connectivity index (χ3n) is 2.20. The summed E-state index contributed by atoms with van der Waals surface area (Å²) in [5.41, 5.74) is 0. The van der Waals surface area contributed by atoms with E-state index in [0.29, 0.717) is 6.42 Å². The van der Waals surface area contributed by atoms with Gasteiger partial charge in [0.15, 0.2) is 0 Å². The molecule has 1 heterocycles. The fourth-order valence-corrected chi connectivity index (χ4v) is 1.35. The van der Waals surface area contributed by atoms with E-state index >= 15 is 0 Å². The van der Waals surface area contributed by atoms with Crippen LogP contribution in [0.15, 0.2) is 18.7 Å². The van der Waals surface area contributed by atoms with E-state index in [4.69, 9.17) is 0 Å². The van der Waals surface area contributed by atoms with Crippen LogP contribution in [0.3, 0.4) is 0 Å². The summed E-state index contributed by atoms with van der Waals surface area (Å²) in [6, 6.07) is 0. The average molecular weight is 209 g/mol. The smallest absolute Gasteiger partial charge is 0.219 e. The summed E-state index contributed by atoms with van der Waals surface area (Å²) in [6.45, 7) is 3.79. The molecule has 0 radical (unpaired) electrons. The molecule has 4 nitrogen and oxygen atoms in total. The zero-order chi connectivity index (χ0) is 10.9. The number of imidazole rings is 1. The van der Waals surface area contributed by atoms with Gasteiger partial charge in [0.05, 0.1) is 6.33 Å². The molecule has 0 spiro atoms. The molecule has 0 atom stereocenters. The summed E-state index contributed by atoms with van der Waals surface area (Å²) in [7, 11) is 0. The molecule has 0 fully saturated rings. The van der Waals surface area contributed by atoms with Crippen molar-refractivity contribution in [2.45, 2.75) is 39.2 Å². The van der Waals surface area contributed by atoms with E-state index in [1.54, 1.807) is 12.5 Å². The van der Waals surface area contributed by atoms with Gasteiger partial charge in [0.2, 0.25) is 5.91 Å². The third kappa shape index (κ3) is 5.20. The number of nitrogens with one attached hydrogen (secondary N) is 1. The van der Waals surface area contributed by atoms with Gasteiger partial charge < -0.3 is 9.88 Å². The summed E-state index contributed by atoms with van der Waals surface area (Å²) >= 11 is 0. The summed E-state index contributed by atoms with van der Waals surface area (Å²) < 4.78 is 2.03. The van der Waals surface area contributed by atoms with Crippen LogP contribution in [0.1, 0.15) is 32.6 Å². The van der Waals surface area contributed by atoms with Crippen LogP contribution in [0.5, 0.6) is 0 Å². The molecule has 1 N–H and O–H groups in total. The summed E-state index contributed by atoms with van der Waals surface area (Å²) in [5.74, 6) is 0.169. The van der Waals surface area contributed by atoms with Gasteiger partial charge in [0.25, 0.3) is 0 Å². The lowest BCUT2D eigenvalue weighted by Crippen LogP contribution is -2.23. The normalized spacial score (nSPS) is 10.2. The molecule has 84 valence electrons. The number of hydrogen-bond acceptors (Lipinski definition) is 2. The fourth-order valence-electron chi connectivity index (χ4n) is 1.35. The number of hydrogen-bond donors (Lipinski definition) is 1. The standard InChI is InChI=1S/C11H19N3O/c1-2-6-13-11(15)5-3-4-8-14-9-7-12-10-14/h7,9-10H,2-6,8H2,1H3,(H,13,15). The van der Waals surface area contributed by atoms with Gasteiger partial charge in [-0.15, -0.1) is 0 Å². The first-order valence-electron chi connectivity index (χ1n) is 5.55. The highest BCUT2D eigenvalue weighted by atomic mass is 16.1. The second kappa shape index (κ2) is 7.04. The minimum atomic E-state index is 0.169. The zero-order valence-electron chi connectivity index (χ0n) is 9.28. The van der Waals surface area contributed by atoms with Crippen LogP contribution in [0.2, 0.25) is 0 Å². The Kier molecular flexibility index (Phi) is 5.51. The van der Waals surface area contributed by atoms with Crippen LogP contribution < -0.4 is 5.32 Å². The summed E-state index contributed by atoms with van der Waals surface area (Å²) in [5, 5.41) is 2.87. The topological polar surface area (TPSA) is 46.9 Å². The van der Waals surface area contributed by atoms with Crippen molar-refractivity contribution >= 4 is 5.91 Å². The second-order valence-electron chi connectivity index (χ2n) is 3.61. The molecule has 4 heteroatoms. The second-order valence-corrected chi connectivity index (χ2v) is 3.61. The van der Waals surface area contributed by atoms with Crippen molar-refractivity contribution in [2.24, 2.45) is 0 Å². The Balaban J connectivity index is 1.99. The average Bonchev–Trinajstić information content (AvgIpc) is 2.74. The summed E-state index contributed by atoms with van der Waals surface area (Å²) in [4.78, 5) is 15.2. The lowest BCUT2D eigenvalue weighted by molar-refractivity contribution is -0.121. The van der Waals surface area contributed by atoms with Crippen LogP contribution in [0, 0.1) is 0 Å². The minimum Gasteiger partial charge on any atom is -0.356 e. The third-order valence-corrected chi connectivity index (χ3v) is 2.20. The molecule has 0 aliphatic carbocycles. The van der Waals surface area contributed by atoms with Gasteiger partial charge in [-0.25, -0.2) is 4.98 Å². The number of unbranched alkanes of at least 4 members (excludes halogenated alkanes) is 1. The maximum atomic E-state index is 11.2.